The molecule has 1 atom stereocenters. The molecule has 0 saturated carbocycles. The van der Waals surface area contributed by atoms with Crippen molar-refractivity contribution in [2.45, 2.75) is 111 Å². The van der Waals surface area contributed by atoms with Gasteiger partial charge >= 0.3 is 13.2 Å². The number of aromatic nitrogens is 2. The Morgan fingerprint density at radius 2 is 1.86 bits per heavy atom. The average Bonchev–Trinajstić information content (AvgIpc) is 3.68. The maximum absolute atomic E-state index is 13.6. The fourth-order valence-corrected chi connectivity index (χ4v) is 6.85. The number of aromatic amines is 1. The number of hydrogen-bond acceptors (Lipinski definition) is 10. The van der Waals surface area contributed by atoms with Crippen molar-refractivity contribution < 1.29 is 33.2 Å². The molecule has 49 heavy (non-hydrogen) atoms. The van der Waals surface area contributed by atoms with Gasteiger partial charge in [0.05, 0.1) is 28.5 Å². The predicted octanol–water partition coefficient (Wildman–Crippen LogP) is 4.90. The summed E-state index contributed by atoms with van der Waals surface area (Å²) in [4.78, 5) is 45.9. The van der Waals surface area contributed by atoms with E-state index in [-0.39, 0.29) is 24.3 Å². The van der Waals surface area contributed by atoms with Crippen LogP contribution in [0, 0.1) is 5.41 Å². The molecule has 0 aliphatic carbocycles. The zero-order chi connectivity index (χ0) is 35.8. The Bertz CT molecular complexity index is 1660. The molecule has 2 aliphatic rings. The van der Waals surface area contributed by atoms with Crippen molar-refractivity contribution >= 4 is 53.4 Å². The number of benzene rings is 1. The SMILES string of the molecule is CC(C)(COC=O)Cc1c(B2OC(C)(C)C(C)(C)O2)[nH]c2ccc(-c3csc(C[C@H](NC(=O)OC(C)(C)C)C(=O)N4CCCCN4)n3)cc12. The molecular formula is C35H50BN5O7S. The third-order valence-corrected chi connectivity index (χ3v) is 10.1. The predicted molar refractivity (Wildman–Crippen MR) is 190 cm³/mol. The van der Waals surface area contributed by atoms with Crippen LogP contribution in [0.5, 0.6) is 0 Å². The monoisotopic (exact) mass is 695 g/mol. The number of nitrogens with one attached hydrogen (secondary N) is 3. The van der Waals surface area contributed by atoms with Crippen LogP contribution in [0.4, 0.5) is 4.79 Å². The first-order valence-corrected chi connectivity index (χ1v) is 17.8. The lowest BCUT2D eigenvalue weighted by molar-refractivity contribution is -0.137. The van der Waals surface area contributed by atoms with Crippen LogP contribution in [0.2, 0.25) is 0 Å². The number of ether oxygens (including phenoxy) is 2. The van der Waals surface area contributed by atoms with Gasteiger partial charge < -0.3 is 29.1 Å². The van der Waals surface area contributed by atoms with E-state index in [1.54, 1.807) is 25.8 Å². The highest BCUT2D eigenvalue weighted by atomic mass is 32.1. The van der Waals surface area contributed by atoms with Gasteiger partial charge in [-0.25, -0.2) is 15.2 Å². The van der Waals surface area contributed by atoms with E-state index in [1.165, 1.54) is 11.3 Å². The van der Waals surface area contributed by atoms with E-state index in [0.29, 0.717) is 31.0 Å². The van der Waals surface area contributed by atoms with E-state index in [4.69, 9.17) is 23.8 Å². The van der Waals surface area contributed by atoms with Crippen LogP contribution < -0.4 is 16.3 Å². The van der Waals surface area contributed by atoms with Crippen LogP contribution in [-0.4, -0.2) is 83.1 Å². The molecule has 4 heterocycles. The molecule has 12 nitrogen and oxygen atoms in total. The number of alkyl carbamates (subject to hydrolysis) is 1. The maximum atomic E-state index is 13.6. The lowest BCUT2D eigenvalue weighted by Gasteiger charge is -2.32. The van der Waals surface area contributed by atoms with Crippen molar-refractivity contribution in [2.24, 2.45) is 5.41 Å². The molecule has 0 radical (unpaired) electrons. The standard InChI is InChI=1S/C35H50BN5O7S/c1-32(2,3)46-31(44)40-26(30(43)41-15-11-10-14-37-41)17-28-38-27(19-49-28)22-12-13-25-23(16-22)24(18-33(4,5)20-45-21-42)29(39-25)36-47-34(6,7)35(8,9)48-36/h12-13,16,19,21,26,37,39H,10-11,14-15,17-18,20H2,1-9H3,(H,40,44)/t26-/m0/s1. The molecule has 2 aromatic heterocycles. The van der Waals surface area contributed by atoms with Gasteiger partial charge in [0.15, 0.2) is 0 Å². The van der Waals surface area contributed by atoms with Gasteiger partial charge in [0.1, 0.15) is 11.6 Å². The molecule has 1 aromatic carbocycles. The summed E-state index contributed by atoms with van der Waals surface area (Å²) in [5.74, 6) is -0.225. The van der Waals surface area contributed by atoms with Crippen molar-refractivity contribution in [3.8, 4) is 11.3 Å². The van der Waals surface area contributed by atoms with E-state index in [2.05, 4.69) is 35.6 Å². The Balaban J connectivity index is 1.45. The van der Waals surface area contributed by atoms with Gasteiger partial charge in [-0.1, -0.05) is 19.9 Å². The van der Waals surface area contributed by atoms with Gasteiger partial charge in [0, 0.05) is 52.4 Å². The molecule has 2 aliphatic heterocycles. The first kappa shape index (κ1) is 36.8. The Hall–Kier alpha value is -3.46. The van der Waals surface area contributed by atoms with Crippen molar-refractivity contribution in [1.82, 2.24) is 25.7 Å². The second-order valence-electron chi connectivity index (χ2n) is 15.7. The number of hydrogen-bond donors (Lipinski definition) is 3. The van der Waals surface area contributed by atoms with Crippen LogP contribution in [-0.2, 0) is 41.2 Å². The summed E-state index contributed by atoms with van der Waals surface area (Å²) in [5, 5.41) is 8.04. The highest BCUT2D eigenvalue weighted by Crippen LogP contribution is 2.38. The minimum atomic E-state index is -0.850. The number of carbonyl (C=O) groups is 3. The molecule has 0 bridgehead atoms. The number of thiazole rings is 1. The Labute approximate surface area is 293 Å². The van der Waals surface area contributed by atoms with Crippen molar-refractivity contribution in [3.05, 3.63) is 34.2 Å². The summed E-state index contributed by atoms with van der Waals surface area (Å²) in [6, 6.07) is 5.28. The Kier molecular flexibility index (Phi) is 10.6. The highest BCUT2D eigenvalue weighted by molar-refractivity contribution is 7.10. The van der Waals surface area contributed by atoms with Gasteiger partial charge in [-0.15, -0.1) is 11.3 Å². The lowest BCUT2D eigenvalue weighted by Crippen LogP contribution is -2.56. The minimum absolute atomic E-state index is 0.218. The van der Waals surface area contributed by atoms with Crippen LogP contribution in [0.15, 0.2) is 23.6 Å². The first-order chi connectivity index (χ1) is 22.9. The molecule has 0 spiro atoms. The maximum Gasteiger partial charge on any atom is 0.512 e. The molecule has 14 heteroatoms. The zero-order valence-corrected chi connectivity index (χ0v) is 31.0. The summed E-state index contributed by atoms with van der Waals surface area (Å²) in [6.45, 7) is 19.6. The number of nitrogens with zero attached hydrogens (tertiary/aromatic N) is 2. The molecule has 0 unspecified atom stereocenters. The first-order valence-electron chi connectivity index (χ1n) is 16.9. The quantitative estimate of drug-likeness (QED) is 0.189. The molecule has 3 aromatic rings. The van der Waals surface area contributed by atoms with Gasteiger partial charge in [0.25, 0.3) is 12.4 Å². The van der Waals surface area contributed by atoms with Crippen molar-refractivity contribution in [3.63, 3.8) is 0 Å². The molecule has 266 valence electrons. The third kappa shape index (κ3) is 8.65. The Morgan fingerprint density at radius 3 is 2.49 bits per heavy atom. The number of carbonyl (C=O) groups excluding carboxylic acids is 3. The van der Waals surface area contributed by atoms with E-state index in [9.17, 15) is 14.4 Å². The summed E-state index contributed by atoms with van der Waals surface area (Å²) in [7, 11) is -0.606. The second kappa shape index (κ2) is 14.0. The largest absolute Gasteiger partial charge is 0.512 e. The van der Waals surface area contributed by atoms with Gasteiger partial charge in [-0.3, -0.25) is 14.6 Å². The minimum Gasteiger partial charge on any atom is -0.467 e. The average molecular weight is 696 g/mol. The Morgan fingerprint density at radius 1 is 1.14 bits per heavy atom. The molecule has 3 N–H and O–H groups in total. The van der Waals surface area contributed by atoms with E-state index < -0.39 is 36.1 Å². The van der Waals surface area contributed by atoms with Crippen LogP contribution >= 0.6 is 11.3 Å². The smallest absolute Gasteiger partial charge is 0.467 e. The number of amides is 2. The molecule has 2 saturated heterocycles. The van der Waals surface area contributed by atoms with E-state index in [0.717, 1.165) is 46.2 Å². The molecule has 5 rings (SSSR count). The summed E-state index contributed by atoms with van der Waals surface area (Å²) in [6.07, 6.45) is 2.04. The topological polar surface area (TPSA) is 144 Å². The van der Waals surface area contributed by atoms with Gasteiger partial charge in [-0.05, 0) is 85.4 Å². The van der Waals surface area contributed by atoms with Gasteiger partial charge in [0.2, 0.25) is 0 Å². The zero-order valence-electron chi connectivity index (χ0n) is 30.2. The van der Waals surface area contributed by atoms with Gasteiger partial charge in [-0.2, -0.15) is 0 Å². The fourth-order valence-electron chi connectivity index (χ4n) is 6.00. The van der Waals surface area contributed by atoms with E-state index in [1.807, 2.05) is 45.2 Å². The summed E-state index contributed by atoms with van der Waals surface area (Å²) in [5.41, 5.74) is 5.47. The summed E-state index contributed by atoms with van der Waals surface area (Å²) < 4.78 is 23.6. The molecule has 2 amide bonds. The highest BCUT2D eigenvalue weighted by Gasteiger charge is 2.53. The normalized spacial score (nSPS) is 18.4. The fraction of sp³-hybridized carbons (Fsp3) is 0.600. The number of H-pyrrole nitrogens is 1. The van der Waals surface area contributed by atoms with Crippen LogP contribution in [0.25, 0.3) is 22.2 Å². The second-order valence-corrected chi connectivity index (χ2v) is 16.7. The van der Waals surface area contributed by atoms with Crippen molar-refractivity contribution in [1.29, 1.82) is 0 Å². The molecular weight excluding hydrogens is 645 g/mol. The van der Waals surface area contributed by atoms with Crippen molar-refractivity contribution in [2.75, 3.05) is 19.7 Å². The summed E-state index contributed by atoms with van der Waals surface area (Å²) >= 11 is 1.44. The number of rotatable bonds is 11. The number of fused-ring (bicyclic) bond motifs is 1. The van der Waals surface area contributed by atoms with Crippen LogP contribution in [0.3, 0.4) is 0 Å². The lowest BCUT2D eigenvalue weighted by atomic mass is 9.76. The van der Waals surface area contributed by atoms with E-state index >= 15 is 0 Å². The van der Waals surface area contributed by atoms with Crippen LogP contribution in [0.1, 0.15) is 85.7 Å². The molecule has 2 fully saturated rings. The number of hydrazine groups is 1. The third-order valence-electron chi connectivity index (χ3n) is 9.22.